The Labute approximate surface area is 189 Å². The van der Waals surface area contributed by atoms with Gasteiger partial charge in [-0.2, -0.15) is 0 Å². The van der Waals surface area contributed by atoms with Crippen LogP contribution in [0, 0.1) is 17.5 Å². The van der Waals surface area contributed by atoms with Gasteiger partial charge in [0, 0.05) is 42.4 Å². The zero-order valence-electron chi connectivity index (χ0n) is 16.5. The highest BCUT2D eigenvalue weighted by Crippen LogP contribution is 2.30. The highest BCUT2D eigenvalue weighted by molar-refractivity contribution is 6.29. The van der Waals surface area contributed by atoms with Crippen LogP contribution < -0.4 is 15.5 Å². The van der Waals surface area contributed by atoms with Crippen LogP contribution in [0.2, 0.25) is 5.15 Å². The van der Waals surface area contributed by atoms with E-state index in [1.165, 1.54) is 48.8 Å². The summed E-state index contributed by atoms with van der Waals surface area (Å²) < 4.78 is 47.5. The predicted molar refractivity (Wildman–Crippen MR) is 116 cm³/mol. The Morgan fingerprint density at radius 2 is 1.76 bits per heavy atom. The minimum Gasteiger partial charge on any atom is -0.454 e. The number of aromatic amines is 1. The van der Waals surface area contributed by atoms with Crippen molar-refractivity contribution >= 4 is 23.2 Å². The van der Waals surface area contributed by atoms with E-state index < -0.39 is 40.2 Å². The Hall–Kier alpha value is -4.11. The molecule has 0 spiro atoms. The van der Waals surface area contributed by atoms with Crippen molar-refractivity contribution in [1.29, 1.82) is 0 Å². The van der Waals surface area contributed by atoms with Crippen LogP contribution in [0.5, 0.6) is 11.5 Å². The van der Waals surface area contributed by atoms with Crippen molar-refractivity contribution in [2.45, 2.75) is 0 Å². The Bertz CT molecular complexity index is 1410. The molecule has 10 heteroatoms. The molecule has 0 bridgehead atoms. The molecule has 4 aromatic rings. The Morgan fingerprint density at radius 3 is 2.48 bits per heavy atom. The van der Waals surface area contributed by atoms with E-state index in [4.69, 9.17) is 16.3 Å². The van der Waals surface area contributed by atoms with E-state index >= 15 is 0 Å². The summed E-state index contributed by atoms with van der Waals surface area (Å²) >= 11 is 5.74. The van der Waals surface area contributed by atoms with Crippen LogP contribution in [0.3, 0.4) is 0 Å². The Balaban J connectivity index is 1.59. The molecule has 0 saturated carbocycles. The van der Waals surface area contributed by atoms with Crippen molar-refractivity contribution in [3.63, 3.8) is 0 Å². The molecular weight excluding hydrogens is 459 g/mol. The van der Waals surface area contributed by atoms with Gasteiger partial charge in [-0.05, 0) is 23.8 Å². The molecule has 2 aromatic carbocycles. The summed E-state index contributed by atoms with van der Waals surface area (Å²) in [4.78, 5) is 31.8. The van der Waals surface area contributed by atoms with Gasteiger partial charge >= 0.3 is 0 Å². The predicted octanol–water partition coefficient (Wildman–Crippen LogP) is 5.55. The molecule has 2 N–H and O–H groups in total. The standard InChI is InChI=1S/C23H13ClF3N3O3/c24-21-7-14(5-6-29-21)33-20-9-17(26)19(8-18(20)27)30-23(32)16-11-28-10-15(22(16)31)12-1-3-13(25)4-2-12/h1-11H,(H,28,31)(H,30,32). The highest BCUT2D eigenvalue weighted by atomic mass is 35.5. The molecule has 1 amide bonds. The second-order valence-corrected chi connectivity index (χ2v) is 7.14. The largest absolute Gasteiger partial charge is 0.454 e. The van der Waals surface area contributed by atoms with E-state index in [0.717, 1.165) is 18.3 Å². The number of nitrogens with zero attached hydrogens (tertiary/aromatic N) is 1. The fraction of sp³-hybridized carbons (Fsp3) is 0. The number of rotatable bonds is 5. The first kappa shape index (κ1) is 22.1. The van der Waals surface area contributed by atoms with E-state index in [0.29, 0.717) is 5.56 Å². The van der Waals surface area contributed by atoms with Gasteiger partial charge in [0.1, 0.15) is 22.3 Å². The number of hydrogen-bond donors (Lipinski definition) is 2. The van der Waals surface area contributed by atoms with Gasteiger partial charge in [-0.25, -0.2) is 18.2 Å². The molecule has 0 unspecified atom stereocenters. The summed E-state index contributed by atoms with van der Waals surface area (Å²) in [5, 5.41) is 2.28. The van der Waals surface area contributed by atoms with Crippen molar-refractivity contribution in [3.8, 4) is 22.6 Å². The van der Waals surface area contributed by atoms with Gasteiger partial charge < -0.3 is 15.0 Å². The molecule has 0 atom stereocenters. The summed E-state index contributed by atoms with van der Waals surface area (Å²) in [6, 6.07) is 9.29. The SMILES string of the molecule is O=C(Nc1cc(F)c(Oc2ccnc(Cl)c2)cc1F)c1c[nH]cc(-c2ccc(F)cc2)c1=O. The fourth-order valence-electron chi connectivity index (χ4n) is 2.96. The second-order valence-electron chi connectivity index (χ2n) is 6.75. The maximum absolute atomic E-state index is 14.5. The zero-order valence-corrected chi connectivity index (χ0v) is 17.3. The molecule has 0 fully saturated rings. The number of H-pyrrole nitrogens is 1. The van der Waals surface area contributed by atoms with Crippen LogP contribution in [-0.4, -0.2) is 15.9 Å². The van der Waals surface area contributed by atoms with Gasteiger partial charge in [0.05, 0.1) is 5.69 Å². The first-order chi connectivity index (χ1) is 15.8. The van der Waals surface area contributed by atoms with Crippen LogP contribution in [0.15, 0.2) is 71.9 Å². The van der Waals surface area contributed by atoms with Crippen LogP contribution >= 0.6 is 11.6 Å². The third-order valence-corrected chi connectivity index (χ3v) is 4.75. The molecule has 0 aliphatic carbocycles. The molecule has 4 rings (SSSR count). The van der Waals surface area contributed by atoms with Gasteiger partial charge in [-0.3, -0.25) is 9.59 Å². The quantitative estimate of drug-likeness (QED) is 0.374. The zero-order chi connectivity index (χ0) is 23.5. The maximum atomic E-state index is 14.5. The first-order valence-electron chi connectivity index (χ1n) is 9.38. The summed E-state index contributed by atoms with van der Waals surface area (Å²) in [6.45, 7) is 0. The lowest BCUT2D eigenvalue weighted by Gasteiger charge is -2.11. The van der Waals surface area contributed by atoms with Gasteiger partial charge in [0.2, 0.25) is 5.43 Å². The van der Waals surface area contributed by atoms with Crippen molar-refractivity contribution in [2.75, 3.05) is 5.32 Å². The molecule has 0 aliphatic rings. The van der Waals surface area contributed by atoms with Gasteiger partial charge in [-0.15, -0.1) is 0 Å². The van der Waals surface area contributed by atoms with Crippen molar-refractivity contribution in [1.82, 2.24) is 9.97 Å². The minimum atomic E-state index is -0.994. The van der Waals surface area contributed by atoms with Crippen molar-refractivity contribution < 1.29 is 22.7 Å². The minimum absolute atomic E-state index is 0.102. The Morgan fingerprint density at radius 1 is 1.00 bits per heavy atom. The van der Waals surface area contributed by atoms with E-state index in [9.17, 15) is 22.8 Å². The van der Waals surface area contributed by atoms with Crippen LogP contribution in [0.25, 0.3) is 11.1 Å². The fourth-order valence-corrected chi connectivity index (χ4v) is 3.13. The number of halogens is 4. The molecule has 2 heterocycles. The van der Waals surface area contributed by atoms with Crippen molar-refractivity contribution in [2.24, 2.45) is 0 Å². The number of benzene rings is 2. The molecule has 2 aromatic heterocycles. The van der Waals surface area contributed by atoms with Crippen LogP contribution in [0.4, 0.5) is 18.9 Å². The summed E-state index contributed by atoms with van der Waals surface area (Å²) in [6.07, 6.45) is 3.81. The lowest BCUT2D eigenvalue weighted by Crippen LogP contribution is -2.23. The highest BCUT2D eigenvalue weighted by Gasteiger charge is 2.18. The third kappa shape index (κ3) is 4.88. The van der Waals surface area contributed by atoms with E-state index in [2.05, 4.69) is 15.3 Å². The maximum Gasteiger partial charge on any atom is 0.261 e. The average Bonchev–Trinajstić information content (AvgIpc) is 2.78. The average molecular weight is 472 g/mol. The number of amides is 1. The number of carbonyl (C=O) groups excluding carboxylic acids is 1. The topological polar surface area (TPSA) is 84.1 Å². The van der Waals surface area contributed by atoms with Crippen LogP contribution in [0.1, 0.15) is 10.4 Å². The van der Waals surface area contributed by atoms with Crippen molar-refractivity contribution in [3.05, 3.63) is 106 Å². The second kappa shape index (κ2) is 9.17. The smallest absolute Gasteiger partial charge is 0.261 e. The summed E-state index contributed by atoms with van der Waals surface area (Å²) in [7, 11) is 0. The summed E-state index contributed by atoms with van der Waals surface area (Å²) in [5.74, 6) is -3.72. The van der Waals surface area contributed by atoms with Gasteiger partial charge in [0.15, 0.2) is 17.4 Å². The number of ether oxygens (including phenoxy) is 1. The molecule has 166 valence electrons. The number of nitrogens with one attached hydrogen (secondary N) is 2. The molecule has 33 heavy (non-hydrogen) atoms. The molecule has 6 nitrogen and oxygen atoms in total. The molecule has 0 radical (unpaired) electrons. The normalized spacial score (nSPS) is 10.7. The van der Waals surface area contributed by atoms with E-state index in [1.807, 2.05) is 0 Å². The number of anilines is 1. The lowest BCUT2D eigenvalue weighted by atomic mass is 10.0. The summed E-state index contributed by atoms with van der Waals surface area (Å²) in [5.41, 5.74) is -1.03. The monoisotopic (exact) mass is 471 g/mol. The molecule has 0 aliphatic heterocycles. The number of hydrogen-bond acceptors (Lipinski definition) is 4. The number of carbonyl (C=O) groups is 1. The third-order valence-electron chi connectivity index (χ3n) is 4.54. The van der Waals surface area contributed by atoms with Crippen LogP contribution in [-0.2, 0) is 0 Å². The molecular formula is C23H13ClF3N3O3. The first-order valence-corrected chi connectivity index (χ1v) is 9.76. The van der Waals surface area contributed by atoms with E-state index in [1.54, 1.807) is 0 Å². The Kier molecular flexibility index (Phi) is 6.14. The number of aromatic nitrogens is 2. The number of pyridine rings is 2. The van der Waals surface area contributed by atoms with Gasteiger partial charge in [-0.1, -0.05) is 23.7 Å². The van der Waals surface area contributed by atoms with E-state index in [-0.39, 0.29) is 22.0 Å². The molecule has 0 saturated heterocycles. The lowest BCUT2D eigenvalue weighted by molar-refractivity contribution is 0.102. The van der Waals surface area contributed by atoms with Gasteiger partial charge in [0.25, 0.3) is 5.91 Å².